The molecule has 9 heteroatoms. The number of amides is 1. The van der Waals surface area contributed by atoms with E-state index in [0.717, 1.165) is 41.0 Å². The number of Topliss-reactive ketones (excluding diaryl/α,β-unsaturated/α-hetero) is 1. The first-order valence-corrected chi connectivity index (χ1v) is 11.0. The number of carbonyl (C=O) groups is 2. The number of thioether (sulfide) groups is 1. The molecule has 0 radical (unpaired) electrons. The van der Waals surface area contributed by atoms with Gasteiger partial charge in [0.15, 0.2) is 10.1 Å². The molecule has 28 heavy (non-hydrogen) atoms. The van der Waals surface area contributed by atoms with E-state index in [0.29, 0.717) is 11.3 Å². The number of rotatable bonds is 9. The van der Waals surface area contributed by atoms with Crippen LogP contribution in [-0.4, -0.2) is 46.9 Å². The lowest BCUT2D eigenvalue weighted by atomic mass is 10.0. The number of ketones is 1. The van der Waals surface area contributed by atoms with E-state index in [1.165, 1.54) is 30.0 Å². The highest BCUT2D eigenvalue weighted by Gasteiger charge is 2.16. The van der Waals surface area contributed by atoms with Gasteiger partial charge >= 0.3 is 0 Å². The highest BCUT2D eigenvalue weighted by molar-refractivity contribution is 8.01. The van der Waals surface area contributed by atoms with Crippen molar-refractivity contribution >= 4 is 39.9 Å². The van der Waals surface area contributed by atoms with E-state index in [-0.39, 0.29) is 23.8 Å². The molecule has 150 valence electrons. The second kappa shape index (κ2) is 9.99. The quantitative estimate of drug-likeness (QED) is 0.475. The molecule has 0 spiro atoms. The number of hydrogen-bond acceptors (Lipinski definition) is 8. The average Bonchev–Trinajstić information content (AvgIpc) is 3.36. The van der Waals surface area contributed by atoms with E-state index >= 15 is 0 Å². The smallest absolute Gasteiger partial charge is 0.217 e. The molecule has 1 saturated heterocycles. The Bertz CT molecular complexity index is 804. The fourth-order valence-corrected chi connectivity index (χ4v) is 4.56. The number of carbonyl (C=O) groups excluding carboxylic acids is 2. The topological polar surface area (TPSA) is 93.2 Å². The van der Waals surface area contributed by atoms with E-state index in [1.54, 1.807) is 12.1 Å². The molecule has 7 nitrogen and oxygen atoms in total. The molecule has 2 aromatic rings. The molecule has 2 N–H and O–H groups in total. The van der Waals surface area contributed by atoms with Gasteiger partial charge in [0.05, 0.1) is 17.9 Å². The summed E-state index contributed by atoms with van der Waals surface area (Å²) in [5, 5.41) is 15.1. The van der Waals surface area contributed by atoms with Crippen LogP contribution in [0, 0.1) is 0 Å². The van der Waals surface area contributed by atoms with Gasteiger partial charge in [0.2, 0.25) is 11.0 Å². The van der Waals surface area contributed by atoms with Crippen LogP contribution in [0.3, 0.4) is 0 Å². The Morgan fingerprint density at radius 1 is 1.32 bits per heavy atom. The molecule has 1 aliphatic rings. The summed E-state index contributed by atoms with van der Waals surface area (Å²) in [5.41, 5.74) is 1.61. The highest BCUT2D eigenvalue weighted by Crippen LogP contribution is 2.26. The Balaban J connectivity index is 1.46. The maximum atomic E-state index is 12.4. The Hall–Kier alpha value is -1.97. The molecular formula is C19H24N4O3S2. The molecule has 3 rings (SSSR count). The molecule has 0 aliphatic carbocycles. The standard InChI is InChI=1S/C19H24N4O3S2/c1-12(21-13(2)24)14-5-7-15(8-6-14)17(25)11-27-19-23-22-18(28-19)20-10-16-4-3-9-26-16/h5-8,12,16H,3-4,9-11H2,1-2H3,(H,20,22)(H,21,24)/t12-,16-/m0/s1. The lowest BCUT2D eigenvalue weighted by molar-refractivity contribution is -0.119. The van der Waals surface area contributed by atoms with Crippen LogP contribution in [0.25, 0.3) is 0 Å². The molecule has 1 aliphatic heterocycles. The number of ether oxygens (including phenoxy) is 1. The minimum absolute atomic E-state index is 0.0350. The van der Waals surface area contributed by atoms with Crippen molar-refractivity contribution in [2.24, 2.45) is 0 Å². The van der Waals surface area contributed by atoms with Gasteiger partial charge in [-0.3, -0.25) is 9.59 Å². The third kappa shape index (κ3) is 6.02. The predicted octanol–water partition coefficient (Wildman–Crippen LogP) is 3.30. The van der Waals surface area contributed by atoms with Crippen molar-refractivity contribution in [3.8, 4) is 0 Å². The molecule has 1 fully saturated rings. The molecule has 2 atom stereocenters. The van der Waals surface area contributed by atoms with Crippen LogP contribution in [-0.2, 0) is 9.53 Å². The summed E-state index contributed by atoms with van der Waals surface area (Å²) in [6, 6.07) is 7.25. The van der Waals surface area contributed by atoms with Gasteiger partial charge in [0.1, 0.15) is 0 Å². The molecule has 1 aromatic heterocycles. The van der Waals surface area contributed by atoms with Crippen molar-refractivity contribution < 1.29 is 14.3 Å². The molecule has 2 heterocycles. The van der Waals surface area contributed by atoms with Crippen molar-refractivity contribution in [3.05, 3.63) is 35.4 Å². The molecule has 0 unspecified atom stereocenters. The fourth-order valence-electron chi connectivity index (χ4n) is 2.90. The zero-order valence-corrected chi connectivity index (χ0v) is 17.6. The SMILES string of the molecule is CC(=O)N[C@@H](C)c1ccc(C(=O)CSc2nnc(NC[C@@H]3CCCO3)s2)cc1. The third-order valence-corrected chi connectivity index (χ3v) is 6.40. The zero-order valence-electron chi connectivity index (χ0n) is 15.9. The minimum atomic E-state index is -0.0852. The van der Waals surface area contributed by atoms with Crippen molar-refractivity contribution in [2.75, 3.05) is 24.2 Å². The average molecular weight is 421 g/mol. The van der Waals surface area contributed by atoms with Gasteiger partial charge < -0.3 is 15.4 Å². The minimum Gasteiger partial charge on any atom is -0.376 e. The fraction of sp³-hybridized carbons (Fsp3) is 0.474. The van der Waals surface area contributed by atoms with E-state index < -0.39 is 0 Å². The van der Waals surface area contributed by atoms with Gasteiger partial charge in [-0.05, 0) is 25.3 Å². The molecule has 1 amide bonds. The second-order valence-corrected chi connectivity index (χ2v) is 8.85. The first kappa shape index (κ1) is 20.8. The largest absolute Gasteiger partial charge is 0.376 e. The van der Waals surface area contributed by atoms with Crippen LogP contribution in [0.1, 0.15) is 48.7 Å². The predicted molar refractivity (Wildman–Crippen MR) is 111 cm³/mol. The summed E-state index contributed by atoms with van der Waals surface area (Å²) in [6.07, 6.45) is 2.43. The van der Waals surface area contributed by atoms with Gasteiger partial charge in [-0.15, -0.1) is 10.2 Å². The van der Waals surface area contributed by atoms with Gasteiger partial charge in [0, 0.05) is 25.6 Å². The number of benzene rings is 1. The monoisotopic (exact) mass is 420 g/mol. The first-order valence-electron chi connectivity index (χ1n) is 9.23. The molecule has 0 saturated carbocycles. The van der Waals surface area contributed by atoms with Crippen molar-refractivity contribution in [1.82, 2.24) is 15.5 Å². The van der Waals surface area contributed by atoms with Gasteiger partial charge in [-0.1, -0.05) is 47.4 Å². The number of hydrogen-bond donors (Lipinski definition) is 2. The number of nitrogens with zero attached hydrogens (tertiary/aromatic N) is 2. The van der Waals surface area contributed by atoms with Crippen LogP contribution < -0.4 is 10.6 Å². The normalized spacial score (nSPS) is 17.3. The Morgan fingerprint density at radius 2 is 2.11 bits per heavy atom. The summed E-state index contributed by atoms with van der Waals surface area (Å²) in [5.74, 6) is 0.263. The van der Waals surface area contributed by atoms with Crippen molar-refractivity contribution in [1.29, 1.82) is 0 Å². The summed E-state index contributed by atoms with van der Waals surface area (Å²) in [4.78, 5) is 23.6. The van der Waals surface area contributed by atoms with Gasteiger partial charge in [-0.2, -0.15) is 0 Å². The Labute approximate surface area is 172 Å². The summed E-state index contributed by atoms with van der Waals surface area (Å²) >= 11 is 2.84. The summed E-state index contributed by atoms with van der Waals surface area (Å²) in [6.45, 7) is 4.97. The van der Waals surface area contributed by atoms with Crippen LogP contribution in [0.2, 0.25) is 0 Å². The molecule has 1 aromatic carbocycles. The van der Waals surface area contributed by atoms with Crippen LogP contribution in [0.4, 0.5) is 5.13 Å². The number of nitrogens with one attached hydrogen (secondary N) is 2. The van der Waals surface area contributed by atoms with E-state index in [4.69, 9.17) is 4.74 Å². The lowest BCUT2D eigenvalue weighted by Gasteiger charge is -2.13. The molecule has 0 bridgehead atoms. The van der Waals surface area contributed by atoms with E-state index in [2.05, 4.69) is 20.8 Å². The van der Waals surface area contributed by atoms with E-state index in [1.807, 2.05) is 19.1 Å². The second-order valence-electron chi connectivity index (χ2n) is 6.65. The maximum Gasteiger partial charge on any atom is 0.217 e. The lowest BCUT2D eigenvalue weighted by Crippen LogP contribution is -2.23. The Kier molecular flexibility index (Phi) is 7.41. The highest BCUT2D eigenvalue weighted by atomic mass is 32.2. The van der Waals surface area contributed by atoms with E-state index in [9.17, 15) is 9.59 Å². The number of aromatic nitrogens is 2. The van der Waals surface area contributed by atoms with Gasteiger partial charge in [0.25, 0.3) is 0 Å². The summed E-state index contributed by atoms with van der Waals surface area (Å²) in [7, 11) is 0. The molecular weight excluding hydrogens is 396 g/mol. The number of anilines is 1. The van der Waals surface area contributed by atoms with Crippen LogP contribution in [0.5, 0.6) is 0 Å². The summed E-state index contributed by atoms with van der Waals surface area (Å²) < 4.78 is 6.34. The van der Waals surface area contributed by atoms with Crippen LogP contribution >= 0.6 is 23.1 Å². The maximum absolute atomic E-state index is 12.4. The van der Waals surface area contributed by atoms with Gasteiger partial charge in [-0.25, -0.2) is 0 Å². The van der Waals surface area contributed by atoms with Crippen molar-refractivity contribution in [3.63, 3.8) is 0 Å². The van der Waals surface area contributed by atoms with Crippen molar-refractivity contribution in [2.45, 2.75) is 43.2 Å². The first-order chi connectivity index (χ1) is 13.5. The zero-order chi connectivity index (χ0) is 19.9. The van der Waals surface area contributed by atoms with Crippen LogP contribution in [0.15, 0.2) is 28.6 Å². The Morgan fingerprint density at radius 3 is 2.79 bits per heavy atom. The third-order valence-electron chi connectivity index (χ3n) is 4.39.